The highest BCUT2D eigenvalue weighted by Crippen LogP contribution is 2.13. The van der Waals surface area contributed by atoms with Crippen LogP contribution in [0.4, 0.5) is 0 Å². The van der Waals surface area contributed by atoms with Gasteiger partial charge in [-0.1, -0.05) is 48.1 Å². The topological polar surface area (TPSA) is 3.24 Å². The van der Waals surface area contributed by atoms with Gasteiger partial charge in [0.2, 0.25) is 0 Å². The summed E-state index contributed by atoms with van der Waals surface area (Å²) >= 11 is 0. The smallest absolute Gasteiger partial charge is 0.0165 e. The van der Waals surface area contributed by atoms with Crippen LogP contribution in [0.5, 0.6) is 0 Å². The minimum atomic E-state index is 1.08. The Morgan fingerprint density at radius 2 is 1.88 bits per heavy atom. The molecule has 0 aromatic heterocycles. The Balaban J connectivity index is 2.01. The maximum atomic E-state index is 2.34. The highest BCUT2D eigenvalue weighted by atomic mass is 15.1. The first-order valence-corrected chi connectivity index (χ1v) is 5.86. The van der Waals surface area contributed by atoms with Crippen molar-refractivity contribution in [3.05, 3.63) is 53.1 Å². The Hall–Kier alpha value is -1.34. The Labute approximate surface area is 98.1 Å². The van der Waals surface area contributed by atoms with E-state index in [2.05, 4.69) is 61.4 Å². The zero-order chi connectivity index (χ0) is 11.4. The molecule has 0 fully saturated rings. The molecule has 1 aromatic carbocycles. The maximum Gasteiger partial charge on any atom is 0.0165 e. The first kappa shape index (κ1) is 11.2. The Bertz CT molecular complexity index is 398. The van der Waals surface area contributed by atoms with Gasteiger partial charge in [-0.2, -0.15) is 0 Å². The third-order valence-electron chi connectivity index (χ3n) is 3.01. The van der Waals surface area contributed by atoms with Gasteiger partial charge in [-0.3, -0.25) is 0 Å². The molecule has 1 heterocycles. The zero-order valence-corrected chi connectivity index (χ0v) is 10.1. The number of allylic oxidation sites excluding steroid dienone is 1. The van der Waals surface area contributed by atoms with Gasteiger partial charge < -0.3 is 4.90 Å². The lowest BCUT2D eigenvalue weighted by atomic mass is 10.1. The van der Waals surface area contributed by atoms with Gasteiger partial charge >= 0.3 is 0 Å². The molecule has 1 aromatic rings. The molecule has 1 heteroatoms. The number of likely N-dealkylation sites (N-methyl/N-ethyl adjacent to an activating group) is 1. The van der Waals surface area contributed by atoms with E-state index < -0.39 is 0 Å². The summed E-state index contributed by atoms with van der Waals surface area (Å²) in [5, 5.41) is 0. The zero-order valence-electron chi connectivity index (χ0n) is 10.1. The van der Waals surface area contributed by atoms with Gasteiger partial charge in [-0.15, -0.1) is 0 Å². The van der Waals surface area contributed by atoms with E-state index in [4.69, 9.17) is 0 Å². The quantitative estimate of drug-likeness (QED) is 0.729. The first-order valence-electron chi connectivity index (χ1n) is 5.86. The molecule has 1 aliphatic rings. The summed E-state index contributed by atoms with van der Waals surface area (Å²) in [6, 6.07) is 8.65. The normalized spacial score (nSPS) is 17.8. The van der Waals surface area contributed by atoms with Gasteiger partial charge in [0, 0.05) is 13.1 Å². The van der Waals surface area contributed by atoms with Crippen LogP contribution in [-0.4, -0.2) is 25.0 Å². The fourth-order valence-electron chi connectivity index (χ4n) is 1.82. The molecular weight excluding hydrogens is 194 g/mol. The largest absolute Gasteiger partial charge is 0.302 e. The molecule has 0 aliphatic carbocycles. The Morgan fingerprint density at radius 1 is 1.12 bits per heavy atom. The second kappa shape index (κ2) is 5.13. The minimum Gasteiger partial charge on any atom is -0.302 e. The lowest BCUT2D eigenvalue weighted by Gasteiger charge is -2.20. The number of hydrogen-bond acceptors (Lipinski definition) is 1. The summed E-state index contributed by atoms with van der Waals surface area (Å²) in [5.74, 6) is 0. The highest BCUT2D eigenvalue weighted by molar-refractivity contribution is 5.53. The van der Waals surface area contributed by atoms with E-state index in [0.29, 0.717) is 0 Å². The molecule has 1 aliphatic heterocycles. The number of rotatable bonds is 2. The van der Waals surface area contributed by atoms with Crippen LogP contribution in [0.15, 0.2) is 42.0 Å². The summed E-state index contributed by atoms with van der Waals surface area (Å²) in [5.41, 5.74) is 4.06. The second-order valence-corrected chi connectivity index (χ2v) is 4.54. The van der Waals surface area contributed by atoms with Crippen LogP contribution in [0.1, 0.15) is 17.5 Å². The average molecular weight is 213 g/mol. The van der Waals surface area contributed by atoms with E-state index in [1.165, 1.54) is 29.7 Å². The van der Waals surface area contributed by atoms with Gasteiger partial charge in [0.25, 0.3) is 0 Å². The van der Waals surface area contributed by atoms with Crippen molar-refractivity contribution < 1.29 is 0 Å². The summed E-state index contributed by atoms with van der Waals surface area (Å²) in [6.07, 6.45) is 7.93. The molecule has 0 N–H and O–H groups in total. The van der Waals surface area contributed by atoms with Gasteiger partial charge in [-0.05, 0) is 31.5 Å². The van der Waals surface area contributed by atoms with Crippen molar-refractivity contribution in [3.8, 4) is 0 Å². The fraction of sp³-hybridized carbons (Fsp3) is 0.333. The summed E-state index contributed by atoms with van der Waals surface area (Å²) < 4.78 is 0. The number of hydrogen-bond donors (Lipinski definition) is 0. The first-order chi connectivity index (χ1) is 7.74. The van der Waals surface area contributed by atoms with Crippen molar-refractivity contribution in [3.63, 3.8) is 0 Å². The SMILES string of the molecule is Cc1ccc(/C=C/C2=CCN(C)CC2)cc1. The van der Waals surface area contributed by atoms with E-state index in [1.54, 1.807) is 0 Å². The van der Waals surface area contributed by atoms with Crippen LogP contribution in [0.2, 0.25) is 0 Å². The Morgan fingerprint density at radius 3 is 2.50 bits per heavy atom. The van der Waals surface area contributed by atoms with E-state index in [9.17, 15) is 0 Å². The van der Waals surface area contributed by atoms with Crippen LogP contribution < -0.4 is 0 Å². The summed E-state index contributed by atoms with van der Waals surface area (Å²) in [7, 11) is 2.16. The molecule has 1 nitrogen and oxygen atoms in total. The van der Waals surface area contributed by atoms with E-state index >= 15 is 0 Å². The number of benzene rings is 1. The van der Waals surface area contributed by atoms with Crippen LogP contribution in [0.25, 0.3) is 6.08 Å². The standard InChI is InChI=1S/C15H19N/c1-13-3-5-14(6-4-13)7-8-15-9-11-16(2)12-10-15/h3-9H,10-12H2,1-2H3/b8-7+. The molecule has 0 radical (unpaired) electrons. The Kier molecular flexibility index (Phi) is 3.58. The van der Waals surface area contributed by atoms with Gasteiger partial charge in [0.05, 0.1) is 0 Å². The van der Waals surface area contributed by atoms with Crippen molar-refractivity contribution in [1.82, 2.24) is 4.90 Å². The molecule has 0 unspecified atom stereocenters. The molecule has 0 atom stereocenters. The third-order valence-corrected chi connectivity index (χ3v) is 3.01. The van der Waals surface area contributed by atoms with Crippen molar-refractivity contribution >= 4 is 6.08 Å². The van der Waals surface area contributed by atoms with Crippen LogP contribution >= 0.6 is 0 Å². The summed E-state index contributed by atoms with van der Waals surface area (Å²) in [4.78, 5) is 2.34. The van der Waals surface area contributed by atoms with Crippen LogP contribution in [-0.2, 0) is 0 Å². The molecule has 0 saturated heterocycles. The van der Waals surface area contributed by atoms with E-state index in [1.807, 2.05) is 0 Å². The molecule has 84 valence electrons. The highest BCUT2D eigenvalue weighted by Gasteiger charge is 2.04. The van der Waals surface area contributed by atoms with Gasteiger partial charge in [0.1, 0.15) is 0 Å². The molecule has 2 rings (SSSR count). The predicted molar refractivity (Wildman–Crippen MR) is 70.4 cm³/mol. The van der Waals surface area contributed by atoms with E-state index in [0.717, 1.165) is 6.54 Å². The lowest BCUT2D eigenvalue weighted by molar-refractivity contribution is 0.361. The van der Waals surface area contributed by atoms with Crippen LogP contribution in [0, 0.1) is 6.92 Å². The van der Waals surface area contributed by atoms with E-state index in [-0.39, 0.29) is 0 Å². The van der Waals surface area contributed by atoms with Gasteiger partial charge in [0.15, 0.2) is 0 Å². The summed E-state index contributed by atoms with van der Waals surface area (Å²) in [6.45, 7) is 4.37. The van der Waals surface area contributed by atoms with Crippen molar-refractivity contribution in [2.45, 2.75) is 13.3 Å². The van der Waals surface area contributed by atoms with Crippen molar-refractivity contribution in [2.24, 2.45) is 0 Å². The third kappa shape index (κ3) is 3.07. The lowest BCUT2D eigenvalue weighted by Crippen LogP contribution is -2.23. The molecule has 16 heavy (non-hydrogen) atoms. The van der Waals surface area contributed by atoms with Crippen molar-refractivity contribution in [1.29, 1.82) is 0 Å². The minimum absolute atomic E-state index is 1.08. The molecule has 0 spiro atoms. The average Bonchev–Trinajstić information content (AvgIpc) is 2.30. The molecule has 0 amide bonds. The fourth-order valence-corrected chi connectivity index (χ4v) is 1.82. The molecule has 0 bridgehead atoms. The molecule has 0 saturated carbocycles. The number of aryl methyl sites for hydroxylation is 1. The monoisotopic (exact) mass is 213 g/mol. The predicted octanol–water partition coefficient (Wildman–Crippen LogP) is 3.27. The maximum absolute atomic E-state index is 2.34. The number of nitrogens with zero attached hydrogens (tertiary/aromatic N) is 1. The van der Waals surface area contributed by atoms with Crippen LogP contribution in [0.3, 0.4) is 0 Å². The second-order valence-electron chi connectivity index (χ2n) is 4.54. The van der Waals surface area contributed by atoms with Gasteiger partial charge in [-0.25, -0.2) is 0 Å². The molecular formula is C15H19N. The van der Waals surface area contributed by atoms with Crippen molar-refractivity contribution in [2.75, 3.05) is 20.1 Å².